The number of likely N-dealkylation sites (tertiary alicyclic amines) is 1. The molecule has 6 nitrogen and oxygen atoms in total. The number of ether oxygens (including phenoxy) is 1. The lowest BCUT2D eigenvalue weighted by Crippen LogP contribution is -2.38. The summed E-state index contributed by atoms with van der Waals surface area (Å²) in [5.41, 5.74) is -0.415. The number of nitrogens with zero attached hydrogens (tertiary/aromatic N) is 3. The van der Waals surface area contributed by atoms with Crippen LogP contribution in [0.2, 0.25) is 0 Å². The van der Waals surface area contributed by atoms with E-state index in [2.05, 4.69) is 10.4 Å². The molecule has 3 unspecified atom stereocenters. The van der Waals surface area contributed by atoms with Gasteiger partial charge in [-0.2, -0.15) is 5.10 Å². The summed E-state index contributed by atoms with van der Waals surface area (Å²) < 4.78 is 7.48. The molecule has 2 aliphatic rings. The zero-order valence-electron chi connectivity index (χ0n) is 15.1. The van der Waals surface area contributed by atoms with Gasteiger partial charge in [-0.3, -0.25) is 4.68 Å². The summed E-state index contributed by atoms with van der Waals surface area (Å²) in [6.07, 6.45) is 7.21. The van der Waals surface area contributed by atoms with E-state index in [9.17, 15) is 4.79 Å². The highest BCUT2D eigenvalue weighted by Gasteiger charge is 2.40. The van der Waals surface area contributed by atoms with E-state index < -0.39 is 5.60 Å². The molecule has 1 aromatic heterocycles. The van der Waals surface area contributed by atoms with Gasteiger partial charge in [0.25, 0.3) is 0 Å². The Balaban J connectivity index is 1.43. The largest absolute Gasteiger partial charge is 0.444 e. The first kappa shape index (κ1) is 17.3. The van der Waals surface area contributed by atoms with E-state index in [-0.39, 0.29) is 6.09 Å². The maximum absolute atomic E-state index is 12.3. The number of rotatable bonds is 4. The van der Waals surface area contributed by atoms with Gasteiger partial charge in [-0.15, -0.1) is 0 Å². The Labute approximate surface area is 144 Å². The molecule has 1 saturated carbocycles. The third-order valence-corrected chi connectivity index (χ3v) is 5.03. The standard InChI is InChI=1S/C18H30N4O2/c1-18(2,3)24-17(23)21-12-14-5-6-16(11-15(14)13-21)19-8-10-22-9-4-7-20-22/h4,7,9,14-16,19H,5-6,8,10-13H2,1-3H3. The summed E-state index contributed by atoms with van der Waals surface area (Å²) in [7, 11) is 0. The van der Waals surface area contributed by atoms with Gasteiger partial charge in [-0.05, 0) is 57.9 Å². The smallest absolute Gasteiger partial charge is 0.410 e. The van der Waals surface area contributed by atoms with Crippen molar-refractivity contribution in [1.82, 2.24) is 20.0 Å². The second-order valence-corrected chi connectivity index (χ2v) is 8.14. The fraction of sp³-hybridized carbons (Fsp3) is 0.778. The number of fused-ring (bicyclic) bond motifs is 1. The molecule has 0 radical (unpaired) electrons. The zero-order chi connectivity index (χ0) is 17.2. The predicted molar refractivity (Wildman–Crippen MR) is 92.7 cm³/mol. The van der Waals surface area contributed by atoms with Gasteiger partial charge in [-0.1, -0.05) is 0 Å². The lowest BCUT2D eigenvalue weighted by Gasteiger charge is -2.31. The van der Waals surface area contributed by atoms with Crippen molar-refractivity contribution in [3.8, 4) is 0 Å². The lowest BCUT2D eigenvalue weighted by atomic mass is 9.79. The van der Waals surface area contributed by atoms with Crippen LogP contribution in [-0.2, 0) is 11.3 Å². The van der Waals surface area contributed by atoms with Crippen LogP contribution in [0.4, 0.5) is 4.79 Å². The van der Waals surface area contributed by atoms with E-state index >= 15 is 0 Å². The Bertz CT molecular complexity index is 538. The van der Waals surface area contributed by atoms with E-state index in [4.69, 9.17) is 4.74 Å². The van der Waals surface area contributed by atoms with Gasteiger partial charge >= 0.3 is 6.09 Å². The minimum atomic E-state index is -0.415. The van der Waals surface area contributed by atoms with Crippen LogP contribution in [-0.4, -0.2) is 52.1 Å². The van der Waals surface area contributed by atoms with Crippen LogP contribution in [0.15, 0.2) is 18.5 Å². The van der Waals surface area contributed by atoms with Gasteiger partial charge in [0, 0.05) is 38.1 Å². The summed E-state index contributed by atoms with van der Waals surface area (Å²) in [6, 6.07) is 2.51. The second kappa shape index (κ2) is 7.13. The summed E-state index contributed by atoms with van der Waals surface area (Å²) in [4.78, 5) is 14.2. The average molecular weight is 334 g/mol. The third kappa shape index (κ3) is 4.50. The summed E-state index contributed by atoms with van der Waals surface area (Å²) in [5, 5.41) is 7.89. The first-order valence-electron chi connectivity index (χ1n) is 9.09. The van der Waals surface area contributed by atoms with E-state index in [0.717, 1.165) is 32.6 Å². The maximum atomic E-state index is 12.3. The number of carbonyl (C=O) groups excluding carboxylic acids is 1. The monoisotopic (exact) mass is 334 g/mol. The number of aromatic nitrogens is 2. The fourth-order valence-electron chi connectivity index (χ4n) is 3.91. The number of hydrogen-bond donors (Lipinski definition) is 1. The fourth-order valence-corrected chi connectivity index (χ4v) is 3.91. The maximum Gasteiger partial charge on any atom is 0.410 e. The van der Waals surface area contributed by atoms with Crippen LogP contribution in [0.1, 0.15) is 40.0 Å². The van der Waals surface area contributed by atoms with Crippen LogP contribution >= 0.6 is 0 Å². The quantitative estimate of drug-likeness (QED) is 0.919. The van der Waals surface area contributed by atoms with Crippen molar-refractivity contribution < 1.29 is 9.53 Å². The van der Waals surface area contributed by atoms with Crippen LogP contribution in [0, 0.1) is 11.8 Å². The molecule has 0 bridgehead atoms. The number of nitrogens with one attached hydrogen (secondary N) is 1. The number of carbonyl (C=O) groups is 1. The van der Waals surface area contributed by atoms with Crippen molar-refractivity contribution in [3.05, 3.63) is 18.5 Å². The highest BCUT2D eigenvalue weighted by Crippen LogP contribution is 2.36. The minimum absolute atomic E-state index is 0.153. The van der Waals surface area contributed by atoms with Crippen LogP contribution < -0.4 is 5.32 Å². The van der Waals surface area contributed by atoms with E-state index in [1.54, 1.807) is 0 Å². The molecule has 6 heteroatoms. The summed E-state index contributed by atoms with van der Waals surface area (Å²) in [5.74, 6) is 1.25. The van der Waals surface area contributed by atoms with Crippen LogP contribution in [0.5, 0.6) is 0 Å². The molecule has 1 aromatic rings. The highest BCUT2D eigenvalue weighted by molar-refractivity contribution is 5.68. The molecular formula is C18H30N4O2. The van der Waals surface area contributed by atoms with E-state index in [0.29, 0.717) is 17.9 Å². The molecule has 3 atom stereocenters. The highest BCUT2D eigenvalue weighted by atomic mass is 16.6. The Hall–Kier alpha value is -1.56. The molecule has 1 amide bonds. The van der Waals surface area contributed by atoms with Gasteiger partial charge < -0.3 is 15.0 Å². The van der Waals surface area contributed by atoms with Crippen molar-refractivity contribution in [2.24, 2.45) is 11.8 Å². The summed E-state index contributed by atoms with van der Waals surface area (Å²) >= 11 is 0. The zero-order valence-corrected chi connectivity index (χ0v) is 15.1. The minimum Gasteiger partial charge on any atom is -0.444 e. The van der Waals surface area contributed by atoms with Crippen LogP contribution in [0.25, 0.3) is 0 Å². The first-order chi connectivity index (χ1) is 11.4. The average Bonchev–Trinajstić information content (AvgIpc) is 3.13. The van der Waals surface area contributed by atoms with Crippen molar-refractivity contribution in [3.63, 3.8) is 0 Å². The van der Waals surface area contributed by atoms with Crippen molar-refractivity contribution in [1.29, 1.82) is 0 Å². The molecule has 1 saturated heterocycles. The first-order valence-corrected chi connectivity index (χ1v) is 9.09. The van der Waals surface area contributed by atoms with Gasteiger partial charge in [0.05, 0.1) is 6.54 Å². The molecule has 2 heterocycles. The van der Waals surface area contributed by atoms with Gasteiger partial charge in [0.2, 0.25) is 0 Å². The molecule has 1 aliphatic heterocycles. The number of hydrogen-bond acceptors (Lipinski definition) is 4. The molecule has 3 rings (SSSR count). The SMILES string of the molecule is CC(C)(C)OC(=O)N1CC2CCC(NCCn3cccn3)CC2C1. The van der Waals surface area contributed by atoms with Gasteiger partial charge in [0.1, 0.15) is 5.60 Å². The molecular weight excluding hydrogens is 304 g/mol. The van der Waals surface area contributed by atoms with Gasteiger partial charge in [0.15, 0.2) is 0 Å². The molecule has 24 heavy (non-hydrogen) atoms. The number of amides is 1. The predicted octanol–water partition coefficient (Wildman–Crippen LogP) is 2.51. The van der Waals surface area contributed by atoms with Crippen molar-refractivity contribution in [2.45, 2.75) is 58.2 Å². The van der Waals surface area contributed by atoms with Crippen molar-refractivity contribution in [2.75, 3.05) is 19.6 Å². The molecule has 1 aliphatic carbocycles. The van der Waals surface area contributed by atoms with Gasteiger partial charge in [-0.25, -0.2) is 4.79 Å². The second-order valence-electron chi connectivity index (χ2n) is 8.14. The molecule has 0 aromatic carbocycles. The van der Waals surface area contributed by atoms with E-state index in [1.165, 1.54) is 12.8 Å². The Morgan fingerprint density at radius 2 is 2.08 bits per heavy atom. The molecule has 2 fully saturated rings. The normalized spacial score (nSPS) is 27.1. The Morgan fingerprint density at radius 1 is 1.29 bits per heavy atom. The molecule has 134 valence electrons. The molecule has 1 N–H and O–H groups in total. The molecule has 0 spiro atoms. The lowest BCUT2D eigenvalue weighted by molar-refractivity contribution is 0.0284. The Morgan fingerprint density at radius 3 is 2.79 bits per heavy atom. The van der Waals surface area contributed by atoms with Crippen LogP contribution in [0.3, 0.4) is 0 Å². The van der Waals surface area contributed by atoms with Crippen molar-refractivity contribution >= 4 is 6.09 Å². The third-order valence-electron chi connectivity index (χ3n) is 5.03. The summed E-state index contributed by atoms with van der Waals surface area (Å²) in [6.45, 7) is 9.33. The topological polar surface area (TPSA) is 59.4 Å². The van der Waals surface area contributed by atoms with E-state index in [1.807, 2.05) is 48.8 Å². The Kier molecular flexibility index (Phi) is 5.13.